The standard InChI is InChI=1S/C15H23NOS/c1-3-13-9-10-15(18-13)14(17)11-16(2)12-7-5-4-6-8-12/h9-10,12H,3-8,11H2,1-2H3. The third kappa shape index (κ3) is 3.42. The molecule has 0 aromatic carbocycles. The van der Waals surface area contributed by atoms with Crippen LogP contribution in [0.3, 0.4) is 0 Å². The number of hydrogen-bond donors (Lipinski definition) is 0. The minimum atomic E-state index is 0.285. The van der Waals surface area contributed by atoms with Crippen LogP contribution in [0.4, 0.5) is 0 Å². The molecule has 1 aromatic heterocycles. The molecule has 1 heterocycles. The van der Waals surface area contributed by atoms with Crippen molar-refractivity contribution in [2.45, 2.75) is 51.5 Å². The van der Waals surface area contributed by atoms with E-state index in [4.69, 9.17) is 0 Å². The molecule has 3 heteroatoms. The summed E-state index contributed by atoms with van der Waals surface area (Å²) in [6.07, 6.45) is 7.55. The van der Waals surface area contributed by atoms with Crippen molar-refractivity contribution in [1.29, 1.82) is 0 Å². The maximum Gasteiger partial charge on any atom is 0.186 e. The molecular formula is C15H23NOS. The Kier molecular flexibility index (Phi) is 4.95. The number of aryl methyl sites for hydroxylation is 1. The maximum absolute atomic E-state index is 12.2. The number of carbonyl (C=O) groups is 1. The molecule has 0 aliphatic heterocycles. The summed E-state index contributed by atoms with van der Waals surface area (Å²) < 4.78 is 0. The first kappa shape index (κ1) is 13.8. The number of carbonyl (C=O) groups excluding carboxylic acids is 1. The molecule has 1 fully saturated rings. The van der Waals surface area contributed by atoms with Gasteiger partial charge in [-0.15, -0.1) is 11.3 Å². The van der Waals surface area contributed by atoms with Gasteiger partial charge in [-0.05, 0) is 38.4 Å². The van der Waals surface area contributed by atoms with Crippen molar-refractivity contribution in [3.63, 3.8) is 0 Å². The van der Waals surface area contributed by atoms with Crippen LogP contribution in [0.25, 0.3) is 0 Å². The van der Waals surface area contributed by atoms with Gasteiger partial charge in [0.1, 0.15) is 0 Å². The molecule has 0 radical (unpaired) electrons. The summed E-state index contributed by atoms with van der Waals surface area (Å²) in [5.74, 6) is 0.285. The first-order valence-corrected chi connectivity index (χ1v) is 7.84. The zero-order valence-electron chi connectivity index (χ0n) is 11.4. The molecule has 0 unspecified atom stereocenters. The maximum atomic E-state index is 12.2. The van der Waals surface area contributed by atoms with Crippen molar-refractivity contribution in [2.75, 3.05) is 13.6 Å². The SMILES string of the molecule is CCc1ccc(C(=O)CN(C)C2CCCCC2)s1. The van der Waals surface area contributed by atoms with Crippen molar-refractivity contribution in [3.05, 3.63) is 21.9 Å². The second-order valence-electron chi connectivity index (χ2n) is 5.25. The summed E-state index contributed by atoms with van der Waals surface area (Å²) in [5.41, 5.74) is 0. The number of Topliss-reactive ketones (excluding diaryl/α,β-unsaturated/α-hetero) is 1. The van der Waals surface area contributed by atoms with Crippen LogP contribution in [-0.2, 0) is 6.42 Å². The molecule has 2 rings (SSSR count). The average molecular weight is 265 g/mol. The van der Waals surface area contributed by atoms with Crippen LogP contribution < -0.4 is 0 Å². The minimum absolute atomic E-state index is 0.285. The molecule has 0 spiro atoms. The largest absolute Gasteiger partial charge is 0.296 e. The Morgan fingerprint density at radius 1 is 1.33 bits per heavy atom. The van der Waals surface area contributed by atoms with Crippen molar-refractivity contribution < 1.29 is 4.79 Å². The van der Waals surface area contributed by atoms with E-state index in [0.717, 1.165) is 11.3 Å². The lowest BCUT2D eigenvalue weighted by molar-refractivity contribution is 0.0903. The normalized spacial score (nSPS) is 17.3. The van der Waals surface area contributed by atoms with Crippen LogP contribution in [0, 0.1) is 0 Å². The molecule has 2 nitrogen and oxygen atoms in total. The highest BCUT2D eigenvalue weighted by Gasteiger charge is 2.20. The number of ketones is 1. The Morgan fingerprint density at radius 2 is 2.06 bits per heavy atom. The highest BCUT2D eigenvalue weighted by molar-refractivity contribution is 7.14. The van der Waals surface area contributed by atoms with Crippen molar-refractivity contribution in [3.8, 4) is 0 Å². The Morgan fingerprint density at radius 3 is 2.67 bits per heavy atom. The number of thiophene rings is 1. The summed E-state index contributed by atoms with van der Waals surface area (Å²) in [6, 6.07) is 4.69. The van der Waals surface area contributed by atoms with E-state index in [1.807, 2.05) is 6.07 Å². The minimum Gasteiger partial charge on any atom is -0.296 e. The van der Waals surface area contributed by atoms with Crippen LogP contribution >= 0.6 is 11.3 Å². The predicted octanol–water partition coefficient (Wildman–Crippen LogP) is 3.76. The summed E-state index contributed by atoms with van der Waals surface area (Å²) in [7, 11) is 2.10. The van der Waals surface area contributed by atoms with E-state index < -0.39 is 0 Å². The zero-order chi connectivity index (χ0) is 13.0. The number of nitrogens with zero attached hydrogens (tertiary/aromatic N) is 1. The lowest BCUT2D eigenvalue weighted by Crippen LogP contribution is -2.37. The van der Waals surface area contributed by atoms with Crippen LogP contribution in [0.2, 0.25) is 0 Å². The second kappa shape index (κ2) is 6.48. The van der Waals surface area contributed by atoms with Gasteiger partial charge in [0.25, 0.3) is 0 Å². The van der Waals surface area contributed by atoms with Gasteiger partial charge in [0.15, 0.2) is 5.78 Å². The van der Waals surface area contributed by atoms with Gasteiger partial charge in [0.05, 0.1) is 11.4 Å². The van der Waals surface area contributed by atoms with Gasteiger partial charge in [0, 0.05) is 10.9 Å². The number of hydrogen-bond acceptors (Lipinski definition) is 3. The fraction of sp³-hybridized carbons (Fsp3) is 0.667. The van der Waals surface area contributed by atoms with Gasteiger partial charge >= 0.3 is 0 Å². The van der Waals surface area contributed by atoms with E-state index in [2.05, 4.69) is 24.9 Å². The molecule has 0 saturated heterocycles. The molecule has 0 bridgehead atoms. The molecule has 18 heavy (non-hydrogen) atoms. The Hall–Kier alpha value is -0.670. The molecule has 0 amide bonds. The molecular weight excluding hydrogens is 242 g/mol. The van der Waals surface area contributed by atoms with Crippen LogP contribution in [0.5, 0.6) is 0 Å². The molecule has 1 aromatic rings. The monoisotopic (exact) mass is 265 g/mol. The van der Waals surface area contributed by atoms with Crippen LogP contribution in [0.15, 0.2) is 12.1 Å². The Labute approximate surface area is 114 Å². The van der Waals surface area contributed by atoms with E-state index >= 15 is 0 Å². The van der Waals surface area contributed by atoms with Crippen molar-refractivity contribution in [1.82, 2.24) is 4.90 Å². The molecule has 100 valence electrons. The Bertz CT molecular complexity index is 393. The molecule has 1 aliphatic rings. The lowest BCUT2D eigenvalue weighted by atomic mass is 9.94. The van der Waals surface area contributed by atoms with Crippen molar-refractivity contribution in [2.24, 2.45) is 0 Å². The van der Waals surface area contributed by atoms with Crippen LogP contribution in [0.1, 0.15) is 53.6 Å². The van der Waals surface area contributed by atoms with E-state index in [9.17, 15) is 4.79 Å². The van der Waals surface area contributed by atoms with Gasteiger partial charge in [-0.2, -0.15) is 0 Å². The summed E-state index contributed by atoms with van der Waals surface area (Å²) >= 11 is 1.65. The fourth-order valence-electron chi connectivity index (χ4n) is 2.67. The number of likely N-dealkylation sites (N-methyl/N-ethyl adjacent to an activating group) is 1. The van der Waals surface area contributed by atoms with E-state index in [1.54, 1.807) is 11.3 Å². The highest BCUT2D eigenvalue weighted by Crippen LogP contribution is 2.23. The second-order valence-corrected chi connectivity index (χ2v) is 6.42. The van der Waals surface area contributed by atoms with Gasteiger partial charge in [0.2, 0.25) is 0 Å². The molecule has 1 aliphatic carbocycles. The van der Waals surface area contributed by atoms with E-state index in [1.165, 1.54) is 37.0 Å². The van der Waals surface area contributed by atoms with E-state index in [0.29, 0.717) is 12.6 Å². The topological polar surface area (TPSA) is 20.3 Å². The molecule has 0 N–H and O–H groups in total. The summed E-state index contributed by atoms with van der Waals surface area (Å²) in [6.45, 7) is 2.71. The summed E-state index contributed by atoms with van der Waals surface area (Å²) in [4.78, 5) is 16.7. The third-order valence-corrected chi connectivity index (χ3v) is 5.15. The van der Waals surface area contributed by atoms with Crippen molar-refractivity contribution >= 4 is 17.1 Å². The van der Waals surface area contributed by atoms with Gasteiger partial charge in [-0.1, -0.05) is 26.2 Å². The fourth-order valence-corrected chi connectivity index (χ4v) is 3.55. The average Bonchev–Trinajstić information content (AvgIpc) is 2.88. The van der Waals surface area contributed by atoms with Gasteiger partial charge in [-0.25, -0.2) is 0 Å². The molecule has 0 atom stereocenters. The zero-order valence-corrected chi connectivity index (χ0v) is 12.3. The highest BCUT2D eigenvalue weighted by atomic mass is 32.1. The lowest BCUT2D eigenvalue weighted by Gasteiger charge is -2.30. The number of rotatable bonds is 5. The van der Waals surface area contributed by atoms with Gasteiger partial charge in [-0.3, -0.25) is 9.69 Å². The van der Waals surface area contributed by atoms with E-state index in [-0.39, 0.29) is 5.78 Å². The molecule has 1 saturated carbocycles. The summed E-state index contributed by atoms with van der Waals surface area (Å²) in [5, 5.41) is 0. The first-order valence-electron chi connectivity index (χ1n) is 7.03. The Balaban J connectivity index is 1.89. The van der Waals surface area contributed by atoms with Crippen LogP contribution in [-0.4, -0.2) is 30.3 Å². The quantitative estimate of drug-likeness (QED) is 0.756. The first-order chi connectivity index (χ1) is 8.70. The van der Waals surface area contributed by atoms with Gasteiger partial charge < -0.3 is 0 Å². The third-order valence-electron chi connectivity index (χ3n) is 3.88. The smallest absolute Gasteiger partial charge is 0.186 e. The predicted molar refractivity (Wildman–Crippen MR) is 77.5 cm³/mol.